The van der Waals surface area contributed by atoms with Gasteiger partial charge in [0, 0.05) is 7.11 Å². The first-order valence-electron chi connectivity index (χ1n) is 4.65. The van der Waals surface area contributed by atoms with E-state index in [4.69, 9.17) is 38.2 Å². The van der Waals surface area contributed by atoms with E-state index < -0.39 is 6.04 Å². The number of thiophene rings is 1. The van der Waals surface area contributed by atoms with Crippen molar-refractivity contribution in [1.82, 2.24) is 10.1 Å². The topological polar surface area (TPSA) is 74.2 Å². The van der Waals surface area contributed by atoms with Gasteiger partial charge in [-0.25, -0.2) is 0 Å². The van der Waals surface area contributed by atoms with Crippen LogP contribution < -0.4 is 5.73 Å². The van der Waals surface area contributed by atoms with Crippen LogP contribution in [0.5, 0.6) is 0 Å². The second-order valence-electron chi connectivity index (χ2n) is 3.26. The van der Waals surface area contributed by atoms with Crippen LogP contribution in [0.25, 0.3) is 11.5 Å². The van der Waals surface area contributed by atoms with Gasteiger partial charge >= 0.3 is 0 Å². The Morgan fingerprint density at radius 1 is 1.59 bits per heavy atom. The first-order chi connectivity index (χ1) is 8.11. The first kappa shape index (κ1) is 12.8. The van der Waals surface area contributed by atoms with Crippen LogP contribution >= 0.6 is 34.5 Å². The molecule has 92 valence electrons. The highest BCUT2D eigenvalue weighted by Gasteiger charge is 2.18. The molecular formula is C9H9Cl2N3O2S. The van der Waals surface area contributed by atoms with Crippen LogP contribution in [-0.2, 0) is 4.74 Å². The smallest absolute Gasteiger partial charge is 0.260 e. The van der Waals surface area contributed by atoms with Gasteiger partial charge in [0.15, 0.2) is 5.82 Å². The van der Waals surface area contributed by atoms with E-state index >= 15 is 0 Å². The van der Waals surface area contributed by atoms with E-state index in [9.17, 15) is 0 Å². The van der Waals surface area contributed by atoms with Gasteiger partial charge in [0.25, 0.3) is 5.89 Å². The molecule has 17 heavy (non-hydrogen) atoms. The van der Waals surface area contributed by atoms with Crippen LogP contribution in [0.4, 0.5) is 0 Å². The van der Waals surface area contributed by atoms with E-state index in [0.29, 0.717) is 32.6 Å². The van der Waals surface area contributed by atoms with Crippen molar-refractivity contribution in [3.63, 3.8) is 0 Å². The minimum absolute atomic E-state index is 0.305. The van der Waals surface area contributed by atoms with Gasteiger partial charge in [-0.2, -0.15) is 4.98 Å². The lowest BCUT2D eigenvalue weighted by molar-refractivity contribution is 0.177. The predicted molar refractivity (Wildman–Crippen MR) is 66.4 cm³/mol. The molecule has 2 aromatic rings. The molecule has 1 atom stereocenters. The number of methoxy groups -OCH3 is 1. The van der Waals surface area contributed by atoms with Crippen LogP contribution in [0.2, 0.25) is 8.67 Å². The summed E-state index contributed by atoms with van der Waals surface area (Å²) in [5.41, 5.74) is 6.39. The quantitative estimate of drug-likeness (QED) is 0.938. The maximum Gasteiger partial charge on any atom is 0.260 e. The Hall–Kier alpha value is -0.660. The molecule has 2 heterocycles. The Morgan fingerprint density at radius 2 is 2.35 bits per heavy atom. The number of hydrogen-bond donors (Lipinski definition) is 1. The largest absolute Gasteiger partial charge is 0.383 e. The van der Waals surface area contributed by atoms with Gasteiger partial charge < -0.3 is 15.0 Å². The van der Waals surface area contributed by atoms with Gasteiger partial charge in [-0.3, -0.25) is 0 Å². The summed E-state index contributed by atoms with van der Waals surface area (Å²) < 4.78 is 11.1. The number of nitrogens with two attached hydrogens (primary N) is 1. The maximum atomic E-state index is 5.98. The van der Waals surface area contributed by atoms with Crippen LogP contribution in [0.15, 0.2) is 10.6 Å². The van der Waals surface area contributed by atoms with Gasteiger partial charge in [0.2, 0.25) is 0 Å². The van der Waals surface area contributed by atoms with Gasteiger partial charge in [-0.15, -0.1) is 11.3 Å². The average molecular weight is 294 g/mol. The molecule has 0 amide bonds. The number of rotatable bonds is 4. The molecule has 0 bridgehead atoms. The molecule has 5 nitrogen and oxygen atoms in total. The highest BCUT2D eigenvalue weighted by atomic mass is 35.5. The fourth-order valence-corrected chi connectivity index (χ4v) is 2.68. The second-order valence-corrected chi connectivity index (χ2v) is 5.54. The summed E-state index contributed by atoms with van der Waals surface area (Å²) in [4.78, 5) is 4.15. The number of ether oxygens (including phenoxy) is 1. The molecule has 0 aliphatic carbocycles. The Labute approximate surface area is 111 Å². The van der Waals surface area contributed by atoms with E-state index in [1.165, 1.54) is 11.3 Å². The van der Waals surface area contributed by atoms with Crippen molar-refractivity contribution in [2.75, 3.05) is 13.7 Å². The van der Waals surface area contributed by atoms with Crippen molar-refractivity contribution in [3.05, 3.63) is 20.6 Å². The molecule has 2 aromatic heterocycles. The summed E-state index contributed by atoms with van der Waals surface area (Å²) in [6.45, 7) is 0.317. The fraction of sp³-hybridized carbons (Fsp3) is 0.333. The standard InChI is InChI=1S/C9H9Cl2N3O2S/c1-15-3-5(12)8-13-9(16-14-8)4-2-6(10)17-7(4)11/h2,5H,3,12H2,1H3. The van der Waals surface area contributed by atoms with Crippen LogP contribution in [-0.4, -0.2) is 23.9 Å². The first-order valence-corrected chi connectivity index (χ1v) is 6.22. The molecule has 2 rings (SSSR count). The summed E-state index contributed by atoms with van der Waals surface area (Å²) in [6.07, 6.45) is 0. The lowest BCUT2D eigenvalue weighted by atomic mass is 10.3. The number of nitrogens with zero attached hydrogens (tertiary/aromatic N) is 2. The fourth-order valence-electron chi connectivity index (χ4n) is 1.24. The molecule has 0 radical (unpaired) electrons. The Morgan fingerprint density at radius 3 is 2.94 bits per heavy atom. The van der Waals surface area contributed by atoms with Gasteiger partial charge in [-0.05, 0) is 6.07 Å². The van der Waals surface area contributed by atoms with E-state index in [2.05, 4.69) is 10.1 Å². The zero-order valence-electron chi connectivity index (χ0n) is 8.81. The minimum atomic E-state index is -0.426. The summed E-state index contributed by atoms with van der Waals surface area (Å²) >= 11 is 13.1. The molecule has 0 aliphatic heterocycles. The maximum absolute atomic E-state index is 5.98. The zero-order chi connectivity index (χ0) is 12.4. The van der Waals surface area contributed by atoms with E-state index in [0.717, 1.165) is 0 Å². The van der Waals surface area contributed by atoms with Crippen LogP contribution in [0.3, 0.4) is 0 Å². The molecule has 0 saturated carbocycles. The Balaban J connectivity index is 2.26. The van der Waals surface area contributed by atoms with Gasteiger partial charge in [0.1, 0.15) is 4.34 Å². The Bertz CT molecular complexity index is 514. The third-order valence-corrected chi connectivity index (χ3v) is 3.49. The molecule has 0 fully saturated rings. The van der Waals surface area contributed by atoms with Gasteiger partial charge in [0.05, 0.1) is 22.5 Å². The summed E-state index contributed by atoms with van der Waals surface area (Å²) in [5, 5.41) is 3.77. The van der Waals surface area contributed by atoms with E-state index in [-0.39, 0.29) is 0 Å². The highest BCUT2D eigenvalue weighted by Crippen LogP contribution is 2.37. The third-order valence-electron chi connectivity index (χ3n) is 2.01. The van der Waals surface area contributed by atoms with E-state index in [1.807, 2.05) is 0 Å². The SMILES string of the molecule is COCC(N)c1noc(-c2cc(Cl)sc2Cl)n1. The average Bonchev–Trinajstić information content (AvgIpc) is 2.85. The van der Waals surface area contributed by atoms with Crippen molar-refractivity contribution >= 4 is 34.5 Å². The van der Waals surface area contributed by atoms with Crippen molar-refractivity contribution in [3.8, 4) is 11.5 Å². The summed E-state index contributed by atoms with van der Waals surface area (Å²) in [5.74, 6) is 0.681. The van der Waals surface area contributed by atoms with Crippen molar-refractivity contribution in [1.29, 1.82) is 0 Å². The summed E-state index contributed by atoms with van der Waals surface area (Å²) in [7, 11) is 1.55. The molecule has 0 spiro atoms. The Kier molecular flexibility index (Phi) is 4.01. The third kappa shape index (κ3) is 2.78. The van der Waals surface area contributed by atoms with Crippen molar-refractivity contribution < 1.29 is 9.26 Å². The second kappa shape index (κ2) is 5.32. The molecule has 2 N–H and O–H groups in total. The highest BCUT2D eigenvalue weighted by molar-refractivity contribution is 7.20. The van der Waals surface area contributed by atoms with E-state index in [1.54, 1.807) is 13.2 Å². The molecular weight excluding hydrogens is 285 g/mol. The summed E-state index contributed by atoms with van der Waals surface area (Å²) in [6, 6.07) is 1.25. The number of hydrogen-bond acceptors (Lipinski definition) is 6. The number of aromatic nitrogens is 2. The molecule has 0 saturated heterocycles. The lowest BCUT2D eigenvalue weighted by Crippen LogP contribution is -2.17. The van der Waals surface area contributed by atoms with Gasteiger partial charge in [-0.1, -0.05) is 28.4 Å². The normalized spacial score (nSPS) is 12.9. The van der Waals surface area contributed by atoms with Crippen LogP contribution in [0, 0.1) is 0 Å². The monoisotopic (exact) mass is 293 g/mol. The zero-order valence-corrected chi connectivity index (χ0v) is 11.1. The lowest BCUT2D eigenvalue weighted by Gasteiger charge is -2.02. The van der Waals surface area contributed by atoms with Crippen LogP contribution in [0.1, 0.15) is 11.9 Å². The molecule has 0 aliphatic rings. The number of halogens is 2. The predicted octanol–water partition coefficient (Wildman–Crippen LogP) is 2.75. The minimum Gasteiger partial charge on any atom is -0.383 e. The molecule has 8 heteroatoms. The molecule has 0 aromatic carbocycles. The molecule has 1 unspecified atom stereocenters. The van der Waals surface area contributed by atoms with Crippen molar-refractivity contribution in [2.24, 2.45) is 5.73 Å². The van der Waals surface area contributed by atoms with Crippen molar-refractivity contribution in [2.45, 2.75) is 6.04 Å².